The molecule has 1 atom stereocenters. The zero-order valence-corrected chi connectivity index (χ0v) is 70.7. The van der Waals surface area contributed by atoms with Crippen molar-refractivity contribution in [3.8, 4) is 57.5 Å². The second-order valence-corrected chi connectivity index (χ2v) is 28.8. The summed E-state index contributed by atoms with van der Waals surface area (Å²) in [6.45, 7) is 5.91. The lowest BCUT2D eigenvalue weighted by Gasteiger charge is -2.22. The number of unbranched alkanes of at least 4 members (excludes halogenated alkanes) is 14. The van der Waals surface area contributed by atoms with Gasteiger partial charge < -0.3 is 87.6 Å². The molecule has 0 saturated heterocycles. The van der Waals surface area contributed by atoms with E-state index in [1.54, 1.807) is 42.5 Å². The molecule has 8 aromatic rings. The first-order valence-corrected chi connectivity index (χ1v) is 41.7. The lowest BCUT2D eigenvalue weighted by molar-refractivity contribution is -0.135. The first-order valence-electron chi connectivity index (χ1n) is 41.7. The van der Waals surface area contributed by atoms with Crippen molar-refractivity contribution in [2.45, 2.75) is 155 Å². The van der Waals surface area contributed by atoms with E-state index < -0.39 is 41.9 Å². The number of benzene rings is 8. The minimum absolute atomic E-state index is 0.000611. The van der Waals surface area contributed by atoms with E-state index >= 15 is 0 Å². The summed E-state index contributed by atoms with van der Waals surface area (Å²) in [5.74, 6) is 2.00. The van der Waals surface area contributed by atoms with Crippen molar-refractivity contribution in [2.24, 2.45) is 0 Å². The van der Waals surface area contributed by atoms with E-state index in [-0.39, 0.29) is 59.2 Å². The van der Waals surface area contributed by atoms with Crippen LogP contribution >= 0.6 is 0 Å². The first-order chi connectivity index (χ1) is 59.4. The number of carboxylic acid groups (broad SMARTS) is 1. The highest BCUT2D eigenvalue weighted by Crippen LogP contribution is 2.37. The molecule has 1 unspecified atom stereocenters. The number of aromatic carboxylic acids is 1. The summed E-state index contributed by atoms with van der Waals surface area (Å²) < 4.78 is 88.2. The number of methoxy groups -OCH3 is 4. The van der Waals surface area contributed by atoms with Crippen LogP contribution in [-0.4, -0.2) is 122 Å². The smallest absolute Gasteiger partial charge is 0.339 e. The number of nitrogen functional groups attached to an aromatic ring is 2. The van der Waals surface area contributed by atoms with Crippen LogP contribution in [-0.2, 0) is 56.1 Å². The van der Waals surface area contributed by atoms with E-state index in [9.17, 15) is 33.9 Å². The summed E-state index contributed by atoms with van der Waals surface area (Å²) in [4.78, 5) is 73.9. The van der Waals surface area contributed by atoms with Crippen LogP contribution in [0, 0.1) is 0 Å². The van der Waals surface area contributed by atoms with Gasteiger partial charge in [-0.25, -0.2) is 28.8 Å². The van der Waals surface area contributed by atoms with E-state index in [1.165, 1.54) is 64.9 Å². The molecule has 0 bridgehead atoms. The van der Waals surface area contributed by atoms with Gasteiger partial charge in [-0.05, 0) is 270 Å². The Morgan fingerprint density at radius 3 is 0.877 bits per heavy atom. The molecule has 0 aliphatic heterocycles. The number of hydrogen-bond acceptors (Lipinski definition) is 23. The van der Waals surface area contributed by atoms with Gasteiger partial charge in [-0.15, -0.1) is 0 Å². The molecular weight excluding hydrogens is 1560 g/mol. The average Bonchev–Trinajstić information content (AvgIpc) is 0.802. The number of carboxylic acids is 1. The molecule has 0 amide bonds. The number of anilines is 2. The van der Waals surface area contributed by atoms with E-state index in [4.69, 9.17) is 82.5 Å². The van der Waals surface area contributed by atoms with E-state index in [1.807, 2.05) is 140 Å². The summed E-state index contributed by atoms with van der Waals surface area (Å²) in [5.41, 5.74) is 17.8. The molecular formula is C98H116N2O22. The zero-order valence-electron chi connectivity index (χ0n) is 70.7. The molecule has 0 aliphatic rings. The van der Waals surface area contributed by atoms with E-state index in [2.05, 4.69) is 0 Å². The Balaban J connectivity index is 0.971. The monoisotopic (exact) mass is 1670 g/mol. The van der Waals surface area contributed by atoms with Gasteiger partial charge in [0.25, 0.3) is 0 Å². The van der Waals surface area contributed by atoms with Crippen LogP contribution < -0.4 is 58.8 Å². The Morgan fingerprint density at radius 1 is 0.328 bits per heavy atom. The van der Waals surface area contributed by atoms with Gasteiger partial charge in [-0.3, -0.25) is 0 Å². The number of esters is 5. The molecule has 0 heterocycles. The van der Waals surface area contributed by atoms with Gasteiger partial charge >= 0.3 is 35.8 Å². The Bertz CT molecular complexity index is 4200. The average molecular weight is 1670 g/mol. The molecule has 0 saturated carbocycles. The molecule has 0 fully saturated rings. The maximum Gasteiger partial charge on any atom is 0.339 e. The molecule has 5 N–H and O–H groups in total. The Hall–Kier alpha value is -12.9. The Morgan fingerprint density at radius 2 is 0.607 bits per heavy atom. The van der Waals surface area contributed by atoms with E-state index in [0.29, 0.717) is 93.4 Å². The van der Waals surface area contributed by atoms with Crippen molar-refractivity contribution in [1.82, 2.24) is 0 Å². The zero-order chi connectivity index (χ0) is 86.7. The number of ether oxygens (including phenoxy) is 15. The van der Waals surface area contributed by atoms with Gasteiger partial charge in [-0.1, -0.05) is 68.3 Å². The highest BCUT2D eigenvalue weighted by Gasteiger charge is 2.27. The van der Waals surface area contributed by atoms with Crippen molar-refractivity contribution in [3.63, 3.8) is 0 Å². The van der Waals surface area contributed by atoms with E-state index in [0.717, 1.165) is 161 Å². The third kappa shape index (κ3) is 36.4. The number of carbonyl (C=O) groups is 6. The fraction of sp³-hybridized carbons (Fsp3) is 0.367. The summed E-state index contributed by atoms with van der Waals surface area (Å²) in [5, 5.41) is 10.5. The Kier molecular flexibility index (Phi) is 42.1. The van der Waals surface area contributed by atoms with Crippen molar-refractivity contribution in [1.29, 1.82) is 0 Å². The minimum Gasteiger partial charge on any atom is -0.494 e. The number of rotatable bonds is 58. The van der Waals surface area contributed by atoms with Crippen LogP contribution in [0.4, 0.5) is 11.4 Å². The molecule has 122 heavy (non-hydrogen) atoms. The minimum atomic E-state index is -1.28. The van der Waals surface area contributed by atoms with Crippen molar-refractivity contribution in [2.75, 3.05) is 92.8 Å². The third-order valence-corrected chi connectivity index (χ3v) is 19.2. The van der Waals surface area contributed by atoms with Crippen LogP contribution in [0.25, 0.3) is 24.3 Å². The predicted octanol–water partition coefficient (Wildman–Crippen LogP) is 20.0. The second kappa shape index (κ2) is 54.3. The predicted molar refractivity (Wildman–Crippen MR) is 470 cm³/mol. The number of nitrogens with two attached hydrogens (primary N) is 2. The van der Waals surface area contributed by atoms with Crippen LogP contribution in [0.1, 0.15) is 201 Å². The normalized spacial score (nSPS) is 11.5. The lowest BCUT2D eigenvalue weighted by Crippen LogP contribution is -2.18. The quantitative estimate of drug-likeness (QED) is 0.0105. The fourth-order valence-electron chi connectivity index (χ4n) is 12.6. The summed E-state index contributed by atoms with van der Waals surface area (Å²) >= 11 is 0. The summed E-state index contributed by atoms with van der Waals surface area (Å²) in [6.07, 6.45) is 27.3. The van der Waals surface area contributed by atoms with Gasteiger partial charge in [0.05, 0.1) is 92.4 Å². The molecule has 8 rings (SSSR count). The van der Waals surface area contributed by atoms with Crippen LogP contribution in [0.3, 0.4) is 0 Å². The van der Waals surface area contributed by atoms with Gasteiger partial charge in [-0.2, -0.15) is 0 Å². The fourth-order valence-corrected chi connectivity index (χ4v) is 12.6. The highest BCUT2D eigenvalue weighted by molar-refractivity contribution is 5.94. The van der Waals surface area contributed by atoms with Gasteiger partial charge in [0.2, 0.25) is 0 Å². The molecule has 0 aliphatic carbocycles. The topological polar surface area (TPSA) is 313 Å². The largest absolute Gasteiger partial charge is 0.494 e. The second-order valence-electron chi connectivity index (χ2n) is 28.8. The van der Waals surface area contributed by atoms with Crippen molar-refractivity contribution < 1.29 is 105 Å². The maximum atomic E-state index is 14.9. The number of hydrogen-bond donors (Lipinski definition) is 3. The molecule has 0 radical (unpaired) electrons. The summed E-state index contributed by atoms with van der Waals surface area (Å²) in [7, 11) is 5.35. The molecule has 24 heteroatoms. The third-order valence-electron chi connectivity index (χ3n) is 19.2. The van der Waals surface area contributed by atoms with Crippen LogP contribution in [0.5, 0.6) is 57.5 Å². The van der Waals surface area contributed by atoms with Crippen molar-refractivity contribution in [3.05, 3.63) is 238 Å². The van der Waals surface area contributed by atoms with Crippen LogP contribution in [0.2, 0.25) is 0 Å². The first kappa shape index (κ1) is 94.6. The molecule has 8 aromatic carbocycles. The van der Waals surface area contributed by atoms with Crippen molar-refractivity contribution >= 4 is 71.5 Å². The Labute approximate surface area is 715 Å². The maximum absolute atomic E-state index is 14.9. The number of carbonyl (C=O) groups excluding carboxylic acids is 5. The summed E-state index contributed by atoms with van der Waals surface area (Å²) in [6, 6.07) is 48.9. The highest BCUT2D eigenvalue weighted by atomic mass is 16.6. The standard InChI is InChI=1S/C98H116N2O22/c1-6-7-16-25-91(96-89(97(105)106)64-78(99)65-90(96)100)122-98(107)77-62-87(120-69-75-58-83(116-54-21-12-8-17-50-112-79-38-26-71(27-39-79)34-46-92(101)108-2)66-84(59-75)117-55-22-13-9-18-51-113-80-40-28-72(29-41-80)35-47-93(102)109-3)68-88(63-77)121-70-76-60-85(118-56-23-14-10-19-52-114-81-42-30-73(31-43-81)36-48-94(103)110-4)67-86(61-76)119-57-24-15-11-20-53-115-82-44-32-74(33-45-82)37-49-95(104)111-5/h26-49,58-68,91H,6-25,50-57,69-70,99-100H2,1-5H3,(H,105,106)/b46-34+,47-35+,48-36+,49-37+. The lowest BCUT2D eigenvalue weighted by atomic mass is 9.95. The molecule has 24 nitrogen and oxygen atoms in total. The van der Waals surface area contributed by atoms with Crippen LogP contribution in [0.15, 0.2) is 188 Å². The van der Waals surface area contributed by atoms with Gasteiger partial charge in [0, 0.05) is 59.4 Å². The molecule has 650 valence electrons. The SMILES string of the molecule is CCCCCC(OC(=O)c1cc(OCc2cc(OCCCCCCOc3ccc(/C=C/C(=O)OC)cc3)cc(OCCCCCCOc3ccc(/C=C/C(=O)OC)cc3)c2)cc(OCc2cc(OCCCCCCOc3ccc(/C=C/C(=O)OC)cc3)cc(OCCCCCCOc3ccc(/C=C/C(=O)OC)cc3)c2)c1)c1c(N)cc(N)cc1C(=O)O. The molecule has 0 spiro atoms. The molecule has 0 aromatic heterocycles. The van der Waals surface area contributed by atoms with Gasteiger partial charge in [0.1, 0.15) is 76.8 Å². The van der Waals surface area contributed by atoms with Gasteiger partial charge in [0.15, 0.2) is 0 Å².